The Labute approximate surface area is 95.8 Å². The Morgan fingerprint density at radius 2 is 2.19 bits per heavy atom. The number of carbonyl (C=O) groups is 1. The predicted octanol–water partition coefficient (Wildman–Crippen LogP) is 2.15. The van der Waals surface area contributed by atoms with Crippen LogP contribution in [0.15, 0.2) is 24.5 Å². The molecule has 0 radical (unpaired) electrons. The molecule has 0 aromatic carbocycles. The van der Waals surface area contributed by atoms with Crippen molar-refractivity contribution in [3.8, 4) is 0 Å². The van der Waals surface area contributed by atoms with E-state index in [1.54, 1.807) is 6.20 Å². The van der Waals surface area contributed by atoms with Crippen molar-refractivity contribution in [3.05, 3.63) is 30.1 Å². The van der Waals surface area contributed by atoms with E-state index in [-0.39, 0.29) is 6.10 Å². The largest absolute Gasteiger partial charge is 0.378 e. The Bertz CT molecular complexity index is 327. The summed E-state index contributed by atoms with van der Waals surface area (Å²) in [5.41, 5.74) is 1.20. The Hall–Kier alpha value is -1.22. The van der Waals surface area contributed by atoms with Crippen LogP contribution < -0.4 is 0 Å². The number of Topliss-reactive ketones (excluding diaryl/α,β-unsaturated/α-hetero) is 1. The van der Waals surface area contributed by atoms with E-state index < -0.39 is 0 Å². The van der Waals surface area contributed by atoms with Crippen LogP contribution in [0, 0.1) is 0 Å². The highest BCUT2D eigenvalue weighted by Gasteiger charge is 2.18. The third-order valence-corrected chi connectivity index (χ3v) is 2.96. The van der Waals surface area contributed by atoms with Gasteiger partial charge in [0.05, 0.1) is 12.7 Å². The summed E-state index contributed by atoms with van der Waals surface area (Å²) in [6, 6.07) is 4.00. The van der Waals surface area contributed by atoms with E-state index in [9.17, 15) is 4.79 Å². The van der Waals surface area contributed by atoms with E-state index in [1.165, 1.54) is 5.56 Å². The van der Waals surface area contributed by atoms with Gasteiger partial charge in [0.25, 0.3) is 0 Å². The summed E-state index contributed by atoms with van der Waals surface area (Å²) in [4.78, 5) is 15.1. The zero-order chi connectivity index (χ0) is 11.2. The first-order valence-corrected chi connectivity index (χ1v) is 5.87. The lowest BCUT2D eigenvalue weighted by atomic mass is 9.96. The van der Waals surface area contributed by atoms with Crippen molar-refractivity contribution >= 4 is 5.78 Å². The molecule has 0 bridgehead atoms. The summed E-state index contributed by atoms with van der Waals surface area (Å²) in [7, 11) is 0. The molecule has 1 aliphatic carbocycles. The number of hydrogen-bond acceptors (Lipinski definition) is 3. The second-order valence-electron chi connectivity index (χ2n) is 4.22. The standard InChI is InChI=1S/C13H17NO2/c15-12-3-5-13(6-4-12)16-9-7-11-2-1-8-14-10-11/h1-2,8,10,13H,3-7,9H2. The predicted molar refractivity (Wildman–Crippen MR) is 61.2 cm³/mol. The quantitative estimate of drug-likeness (QED) is 0.779. The molecule has 0 atom stereocenters. The molecular weight excluding hydrogens is 202 g/mol. The van der Waals surface area contributed by atoms with E-state index in [2.05, 4.69) is 11.1 Å². The molecule has 0 N–H and O–H groups in total. The number of ketones is 1. The van der Waals surface area contributed by atoms with Crippen LogP contribution in [0.1, 0.15) is 31.2 Å². The van der Waals surface area contributed by atoms with Gasteiger partial charge < -0.3 is 4.74 Å². The molecule has 3 heteroatoms. The first-order chi connectivity index (χ1) is 7.84. The molecule has 0 saturated heterocycles. The summed E-state index contributed by atoms with van der Waals surface area (Å²) in [6.07, 6.45) is 8.00. The molecule has 86 valence electrons. The fourth-order valence-corrected chi connectivity index (χ4v) is 1.97. The first kappa shape index (κ1) is 11.3. The van der Waals surface area contributed by atoms with Crippen LogP contribution in [-0.4, -0.2) is 23.5 Å². The number of aromatic nitrogens is 1. The van der Waals surface area contributed by atoms with E-state index >= 15 is 0 Å². The third-order valence-electron chi connectivity index (χ3n) is 2.96. The van der Waals surface area contributed by atoms with Gasteiger partial charge in [-0.2, -0.15) is 0 Å². The van der Waals surface area contributed by atoms with Gasteiger partial charge in [-0.25, -0.2) is 0 Å². The van der Waals surface area contributed by atoms with E-state index in [1.807, 2.05) is 12.3 Å². The molecule has 3 nitrogen and oxygen atoms in total. The summed E-state index contributed by atoms with van der Waals surface area (Å²) < 4.78 is 5.76. The minimum atomic E-state index is 0.286. The minimum Gasteiger partial charge on any atom is -0.378 e. The fraction of sp³-hybridized carbons (Fsp3) is 0.538. The average molecular weight is 219 g/mol. The maximum absolute atomic E-state index is 11.0. The summed E-state index contributed by atoms with van der Waals surface area (Å²) >= 11 is 0. The van der Waals surface area contributed by atoms with Crippen molar-refractivity contribution < 1.29 is 9.53 Å². The molecule has 1 fully saturated rings. The Morgan fingerprint density at radius 1 is 1.38 bits per heavy atom. The normalized spacial score (nSPS) is 17.6. The SMILES string of the molecule is O=C1CCC(OCCc2cccnc2)CC1. The molecule has 1 aromatic rings. The topological polar surface area (TPSA) is 39.2 Å². The number of carbonyl (C=O) groups excluding carboxylic acids is 1. The minimum absolute atomic E-state index is 0.286. The number of nitrogens with zero attached hydrogens (tertiary/aromatic N) is 1. The lowest BCUT2D eigenvalue weighted by Crippen LogP contribution is -2.22. The fourth-order valence-electron chi connectivity index (χ4n) is 1.97. The van der Waals surface area contributed by atoms with Gasteiger partial charge in [0.1, 0.15) is 5.78 Å². The summed E-state index contributed by atoms with van der Waals surface area (Å²) in [6.45, 7) is 0.727. The van der Waals surface area contributed by atoms with Gasteiger partial charge in [0.2, 0.25) is 0 Å². The second-order valence-corrected chi connectivity index (χ2v) is 4.22. The smallest absolute Gasteiger partial charge is 0.133 e. The van der Waals surface area contributed by atoms with Gasteiger partial charge in [0, 0.05) is 25.2 Å². The van der Waals surface area contributed by atoms with Gasteiger partial charge in [-0.05, 0) is 30.9 Å². The first-order valence-electron chi connectivity index (χ1n) is 5.87. The second kappa shape index (κ2) is 5.75. The average Bonchev–Trinajstić information content (AvgIpc) is 2.33. The van der Waals surface area contributed by atoms with Crippen molar-refractivity contribution in [2.75, 3.05) is 6.61 Å². The molecular formula is C13H17NO2. The Kier molecular flexibility index (Phi) is 4.05. The van der Waals surface area contributed by atoms with Crippen LogP contribution in [0.25, 0.3) is 0 Å². The van der Waals surface area contributed by atoms with Crippen LogP contribution in [-0.2, 0) is 16.0 Å². The van der Waals surface area contributed by atoms with Crippen LogP contribution in [0.2, 0.25) is 0 Å². The third kappa shape index (κ3) is 3.42. The molecule has 0 amide bonds. The molecule has 1 aliphatic rings. The highest BCUT2D eigenvalue weighted by molar-refractivity contribution is 5.79. The van der Waals surface area contributed by atoms with Crippen molar-refractivity contribution in [2.24, 2.45) is 0 Å². The molecule has 2 rings (SSSR count). The van der Waals surface area contributed by atoms with Crippen molar-refractivity contribution in [1.29, 1.82) is 0 Å². The van der Waals surface area contributed by atoms with Gasteiger partial charge in [-0.1, -0.05) is 6.07 Å². The lowest BCUT2D eigenvalue weighted by Gasteiger charge is -2.21. The number of ether oxygens (including phenoxy) is 1. The Balaban J connectivity index is 1.67. The highest BCUT2D eigenvalue weighted by atomic mass is 16.5. The van der Waals surface area contributed by atoms with E-state index in [0.29, 0.717) is 18.6 Å². The zero-order valence-corrected chi connectivity index (χ0v) is 9.39. The molecule has 0 aliphatic heterocycles. The molecule has 1 aromatic heterocycles. The van der Waals surface area contributed by atoms with Crippen LogP contribution in [0.5, 0.6) is 0 Å². The van der Waals surface area contributed by atoms with Gasteiger partial charge in [-0.3, -0.25) is 9.78 Å². The maximum Gasteiger partial charge on any atom is 0.133 e. The van der Waals surface area contributed by atoms with Crippen molar-refractivity contribution in [2.45, 2.75) is 38.2 Å². The molecule has 1 heterocycles. The highest BCUT2D eigenvalue weighted by Crippen LogP contribution is 2.18. The van der Waals surface area contributed by atoms with E-state index in [4.69, 9.17) is 4.74 Å². The number of pyridine rings is 1. The van der Waals surface area contributed by atoms with Crippen molar-refractivity contribution in [1.82, 2.24) is 4.98 Å². The van der Waals surface area contributed by atoms with Gasteiger partial charge in [-0.15, -0.1) is 0 Å². The summed E-state index contributed by atoms with van der Waals surface area (Å²) in [5, 5.41) is 0. The maximum atomic E-state index is 11.0. The van der Waals surface area contributed by atoms with Gasteiger partial charge in [0.15, 0.2) is 0 Å². The van der Waals surface area contributed by atoms with Crippen molar-refractivity contribution in [3.63, 3.8) is 0 Å². The van der Waals surface area contributed by atoms with Gasteiger partial charge >= 0.3 is 0 Å². The zero-order valence-electron chi connectivity index (χ0n) is 9.39. The number of hydrogen-bond donors (Lipinski definition) is 0. The molecule has 0 unspecified atom stereocenters. The lowest BCUT2D eigenvalue weighted by molar-refractivity contribution is -0.122. The Morgan fingerprint density at radius 3 is 2.88 bits per heavy atom. The van der Waals surface area contributed by atoms with Crippen LogP contribution >= 0.6 is 0 Å². The molecule has 0 spiro atoms. The van der Waals surface area contributed by atoms with Crippen LogP contribution in [0.4, 0.5) is 0 Å². The molecule has 16 heavy (non-hydrogen) atoms. The monoisotopic (exact) mass is 219 g/mol. The summed E-state index contributed by atoms with van der Waals surface area (Å²) in [5.74, 6) is 0.382. The van der Waals surface area contributed by atoms with Crippen LogP contribution in [0.3, 0.4) is 0 Å². The number of rotatable bonds is 4. The van der Waals surface area contributed by atoms with E-state index in [0.717, 1.165) is 25.9 Å². The molecule has 1 saturated carbocycles.